The summed E-state index contributed by atoms with van der Waals surface area (Å²) in [6, 6.07) is 14.6. The number of aryl methyl sites for hydroxylation is 2. The summed E-state index contributed by atoms with van der Waals surface area (Å²) in [5, 5.41) is 3.76. The van der Waals surface area contributed by atoms with Gasteiger partial charge in [0.05, 0.1) is 16.9 Å². The predicted octanol–water partition coefficient (Wildman–Crippen LogP) is 5.71. The lowest BCUT2D eigenvalue weighted by Gasteiger charge is -2.36. The molecule has 190 valence electrons. The monoisotopic (exact) mass is 528 g/mol. The lowest BCUT2D eigenvalue weighted by Crippen LogP contribution is -2.51. The zero-order valence-electron chi connectivity index (χ0n) is 19.5. The fraction of sp³-hybridized carbons (Fsp3) is 0.160. The number of anilines is 2. The zero-order chi connectivity index (χ0) is 26.5. The summed E-state index contributed by atoms with van der Waals surface area (Å²) >= 11 is 0. The van der Waals surface area contributed by atoms with Gasteiger partial charge in [0.1, 0.15) is 11.4 Å². The van der Waals surface area contributed by atoms with E-state index in [9.17, 15) is 26.4 Å². The number of alkyl halides is 3. The van der Waals surface area contributed by atoms with Crippen LogP contribution in [0.25, 0.3) is 11.4 Å². The number of aromatic nitrogens is 2. The number of hydrogen-bond donors (Lipinski definition) is 0. The minimum atomic E-state index is -4.55. The van der Waals surface area contributed by atoms with Gasteiger partial charge >= 0.3 is 12.2 Å². The second-order valence-electron chi connectivity index (χ2n) is 8.49. The van der Waals surface area contributed by atoms with Crippen molar-refractivity contribution in [3.05, 3.63) is 89.3 Å². The summed E-state index contributed by atoms with van der Waals surface area (Å²) in [6.07, 6.45) is -4.55. The molecule has 1 aliphatic heterocycles. The Balaban J connectivity index is 1.54. The standard InChI is InChI=1S/C25H19F3N4O4S/c1-15-10-11-19(16(2)12-15)32-24(33)31(20-8-3-4-9-21(20)37(32,34)35)14-22-29-23(30-36-22)17-6-5-7-18(13-17)25(26,27)28/h3-13H,14H2,1-2H3. The summed E-state index contributed by atoms with van der Waals surface area (Å²) in [7, 11) is -4.23. The largest absolute Gasteiger partial charge is 0.416 e. The molecule has 8 nitrogen and oxygen atoms in total. The third-order valence-electron chi connectivity index (χ3n) is 5.86. The molecule has 0 saturated carbocycles. The molecule has 37 heavy (non-hydrogen) atoms. The number of fused-ring (bicyclic) bond motifs is 1. The predicted molar refractivity (Wildman–Crippen MR) is 128 cm³/mol. The van der Waals surface area contributed by atoms with Crippen molar-refractivity contribution >= 4 is 27.4 Å². The van der Waals surface area contributed by atoms with E-state index in [0.717, 1.165) is 22.0 Å². The lowest BCUT2D eigenvalue weighted by molar-refractivity contribution is -0.137. The van der Waals surface area contributed by atoms with Crippen molar-refractivity contribution in [3.8, 4) is 11.4 Å². The molecule has 4 aromatic rings. The van der Waals surface area contributed by atoms with Crippen molar-refractivity contribution in [1.82, 2.24) is 10.1 Å². The number of amides is 2. The summed E-state index contributed by atoms with van der Waals surface area (Å²) in [5.74, 6) is -0.187. The summed E-state index contributed by atoms with van der Waals surface area (Å²) in [4.78, 5) is 18.9. The minimum absolute atomic E-state index is 0.0784. The van der Waals surface area contributed by atoms with E-state index in [2.05, 4.69) is 10.1 Å². The maximum atomic E-state index is 13.6. The van der Waals surface area contributed by atoms with E-state index >= 15 is 0 Å². The number of para-hydroxylation sites is 1. The van der Waals surface area contributed by atoms with Crippen molar-refractivity contribution in [2.45, 2.75) is 31.5 Å². The van der Waals surface area contributed by atoms with Gasteiger partial charge in [-0.05, 0) is 49.7 Å². The van der Waals surface area contributed by atoms with Gasteiger partial charge in [-0.3, -0.25) is 4.90 Å². The summed E-state index contributed by atoms with van der Waals surface area (Å²) < 4.78 is 72.3. The van der Waals surface area contributed by atoms with Crippen LogP contribution >= 0.6 is 0 Å². The first-order valence-electron chi connectivity index (χ1n) is 11.0. The molecule has 5 rings (SSSR count). The number of hydrogen-bond acceptors (Lipinski definition) is 6. The van der Waals surface area contributed by atoms with Crippen LogP contribution in [0.2, 0.25) is 0 Å². The molecule has 0 aliphatic carbocycles. The second kappa shape index (κ2) is 8.73. The molecule has 0 fully saturated rings. The van der Waals surface area contributed by atoms with Crippen LogP contribution in [0.3, 0.4) is 0 Å². The molecule has 0 saturated heterocycles. The van der Waals surface area contributed by atoms with E-state index in [4.69, 9.17) is 4.52 Å². The number of rotatable bonds is 4. The van der Waals surface area contributed by atoms with Crippen molar-refractivity contribution < 1.29 is 30.9 Å². The number of carbonyl (C=O) groups excluding carboxylic acids is 1. The molecule has 0 bridgehead atoms. The first kappa shape index (κ1) is 24.5. The van der Waals surface area contributed by atoms with Crippen molar-refractivity contribution in [2.75, 3.05) is 9.21 Å². The highest BCUT2D eigenvalue weighted by Crippen LogP contribution is 2.39. The number of halogens is 3. The fourth-order valence-electron chi connectivity index (χ4n) is 4.14. The number of urea groups is 1. The highest BCUT2D eigenvalue weighted by Gasteiger charge is 2.43. The molecular weight excluding hydrogens is 509 g/mol. The van der Waals surface area contributed by atoms with Crippen LogP contribution in [0, 0.1) is 13.8 Å². The first-order chi connectivity index (χ1) is 17.5. The maximum absolute atomic E-state index is 13.6. The first-order valence-corrected chi connectivity index (χ1v) is 12.4. The molecule has 0 unspecified atom stereocenters. The van der Waals surface area contributed by atoms with Crippen LogP contribution in [0.5, 0.6) is 0 Å². The Bertz CT molecular complexity index is 1630. The molecule has 3 aromatic carbocycles. The van der Waals surface area contributed by atoms with E-state index in [-0.39, 0.29) is 40.1 Å². The highest BCUT2D eigenvalue weighted by molar-refractivity contribution is 7.94. The van der Waals surface area contributed by atoms with E-state index in [1.165, 1.54) is 29.2 Å². The van der Waals surface area contributed by atoms with E-state index in [1.54, 1.807) is 37.3 Å². The SMILES string of the molecule is Cc1ccc(N2C(=O)N(Cc3nc(-c4cccc(C(F)(F)F)c4)no3)c3ccccc3S2(=O)=O)c(C)c1. The van der Waals surface area contributed by atoms with Gasteiger partial charge in [-0.2, -0.15) is 22.5 Å². The van der Waals surface area contributed by atoms with Gasteiger partial charge in [0.15, 0.2) is 0 Å². The Morgan fingerprint density at radius 3 is 2.43 bits per heavy atom. The molecule has 2 amide bonds. The van der Waals surface area contributed by atoms with Gasteiger partial charge in [0.25, 0.3) is 10.0 Å². The molecule has 0 radical (unpaired) electrons. The molecular formula is C25H19F3N4O4S. The number of benzene rings is 3. The van der Waals surface area contributed by atoms with Crippen LogP contribution in [-0.4, -0.2) is 24.6 Å². The molecule has 2 heterocycles. The van der Waals surface area contributed by atoms with E-state index in [1.807, 2.05) is 6.92 Å². The van der Waals surface area contributed by atoms with E-state index < -0.39 is 27.8 Å². The van der Waals surface area contributed by atoms with Gasteiger partial charge in [0.2, 0.25) is 11.7 Å². The van der Waals surface area contributed by atoms with Gasteiger partial charge in [-0.15, -0.1) is 0 Å². The number of carbonyl (C=O) groups is 1. The normalized spacial score (nSPS) is 15.1. The second-order valence-corrected chi connectivity index (χ2v) is 10.2. The Hall–Kier alpha value is -4.19. The number of nitrogens with zero attached hydrogens (tertiary/aromatic N) is 4. The van der Waals surface area contributed by atoms with Crippen molar-refractivity contribution in [1.29, 1.82) is 0 Å². The topological polar surface area (TPSA) is 96.6 Å². The smallest absolute Gasteiger partial charge is 0.337 e. The maximum Gasteiger partial charge on any atom is 0.416 e. The third kappa shape index (κ3) is 4.33. The molecule has 0 atom stereocenters. The Morgan fingerprint density at radius 1 is 0.946 bits per heavy atom. The van der Waals surface area contributed by atoms with Crippen LogP contribution < -0.4 is 9.21 Å². The Morgan fingerprint density at radius 2 is 1.70 bits per heavy atom. The van der Waals surface area contributed by atoms with Crippen molar-refractivity contribution in [3.63, 3.8) is 0 Å². The zero-order valence-corrected chi connectivity index (χ0v) is 20.3. The molecule has 0 spiro atoms. The Labute approximate surface area is 210 Å². The van der Waals surface area contributed by atoms with Crippen molar-refractivity contribution in [2.24, 2.45) is 0 Å². The van der Waals surface area contributed by atoms with Gasteiger partial charge in [-0.25, -0.2) is 13.2 Å². The van der Waals surface area contributed by atoms with Crippen LogP contribution in [-0.2, 0) is 22.7 Å². The van der Waals surface area contributed by atoms with Gasteiger partial charge in [0, 0.05) is 5.56 Å². The van der Waals surface area contributed by atoms with Crippen LogP contribution in [0.1, 0.15) is 22.6 Å². The average molecular weight is 529 g/mol. The van der Waals surface area contributed by atoms with Crippen LogP contribution in [0.4, 0.5) is 29.3 Å². The van der Waals surface area contributed by atoms with E-state index in [0.29, 0.717) is 5.56 Å². The molecule has 1 aliphatic rings. The minimum Gasteiger partial charge on any atom is -0.337 e. The lowest BCUT2D eigenvalue weighted by atomic mass is 10.1. The number of sulfonamides is 1. The molecule has 0 N–H and O–H groups in total. The molecule has 12 heteroatoms. The quantitative estimate of drug-likeness (QED) is 0.337. The highest BCUT2D eigenvalue weighted by atomic mass is 32.2. The fourth-order valence-corrected chi connectivity index (χ4v) is 5.79. The van der Waals surface area contributed by atoms with Gasteiger partial charge in [-0.1, -0.05) is 47.1 Å². The molecule has 1 aromatic heterocycles. The van der Waals surface area contributed by atoms with Crippen LogP contribution in [0.15, 0.2) is 76.1 Å². The van der Waals surface area contributed by atoms with Gasteiger partial charge < -0.3 is 4.52 Å². The summed E-state index contributed by atoms with van der Waals surface area (Å²) in [6.45, 7) is 3.25. The summed E-state index contributed by atoms with van der Waals surface area (Å²) in [5.41, 5.74) is 1.01. The Kier molecular flexibility index (Phi) is 5.78. The average Bonchev–Trinajstić information content (AvgIpc) is 3.31. The third-order valence-corrected chi connectivity index (χ3v) is 7.59.